The summed E-state index contributed by atoms with van der Waals surface area (Å²) in [4.78, 5) is 34.5. The lowest BCUT2D eigenvalue weighted by Crippen LogP contribution is -2.14. The monoisotopic (exact) mass is 355 g/mol. The number of hydrogen-bond acceptors (Lipinski definition) is 5. The minimum Gasteiger partial charge on any atom is -0.494 e. The Balaban J connectivity index is 1.83. The van der Waals surface area contributed by atoms with Gasteiger partial charge in [0, 0.05) is 23.7 Å². The first kappa shape index (κ1) is 17.4. The van der Waals surface area contributed by atoms with E-state index in [2.05, 4.69) is 10.6 Å². The van der Waals surface area contributed by atoms with Crippen LogP contribution in [0.4, 0.5) is 17.1 Å². The zero-order chi connectivity index (χ0) is 18.7. The molecule has 0 unspecified atom stereocenters. The Morgan fingerprint density at radius 1 is 1.23 bits per heavy atom. The Bertz CT molecular complexity index is 894. The zero-order valence-electron chi connectivity index (χ0n) is 14.1. The number of nitrogens with one attached hydrogen (secondary N) is 2. The Labute approximate surface area is 149 Å². The summed E-state index contributed by atoms with van der Waals surface area (Å²) in [5.74, 6) is -0.193. The van der Waals surface area contributed by atoms with E-state index in [4.69, 9.17) is 4.74 Å². The Kier molecular flexibility index (Phi) is 4.83. The number of aryl methyl sites for hydroxylation is 1. The summed E-state index contributed by atoms with van der Waals surface area (Å²) in [5, 5.41) is 16.4. The van der Waals surface area contributed by atoms with E-state index in [1.54, 1.807) is 18.2 Å². The number of non-ortho nitro benzene ring substituents is 1. The topological polar surface area (TPSA) is 111 Å². The van der Waals surface area contributed by atoms with E-state index in [0.717, 1.165) is 17.7 Å². The molecule has 2 N–H and O–H groups in total. The van der Waals surface area contributed by atoms with Gasteiger partial charge in [-0.25, -0.2) is 0 Å². The summed E-state index contributed by atoms with van der Waals surface area (Å²) >= 11 is 0. The van der Waals surface area contributed by atoms with Crippen LogP contribution in [0.5, 0.6) is 5.75 Å². The van der Waals surface area contributed by atoms with Crippen molar-refractivity contribution in [1.82, 2.24) is 0 Å². The second-order valence-corrected chi connectivity index (χ2v) is 5.87. The number of fused-ring (bicyclic) bond motifs is 1. The molecule has 8 nitrogen and oxygen atoms in total. The molecule has 0 fully saturated rings. The number of nitro groups is 1. The Morgan fingerprint density at radius 2 is 2.04 bits per heavy atom. The van der Waals surface area contributed by atoms with E-state index in [-0.39, 0.29) is 23.3 Å². The van der Waals surface area contributed by atoms with Gasteiger partial charge in [0.2, 0.25) is 5.91 Å². The van der Waals surface area contributed by atoms with Crippen LogP contribution in [0.15, 0.2) is 36.4 Å². The van der Waals surface area contributed by atoms with Crippen LogP contribution in [-0.2, 0) is 11.2 Å². The molecule has 0 radical (unpaired) electrons. The van der Waals surface area contributed by atoms with Crippen molar-refractivity contribution >= 4 is 28.9 Å². The smallest absolute Gasteiger partial charge is 0.273 e. The van der Waals surface area contributed by atoms with E-state index >= 15 is 0 Å². The van der Waals surface area contributed by atoms with Crippen molar-refractivity contribution in [3.63, 3.8) is 0 Å². The summed E-state index contributed by atoms with van der Waals surface area (Å²) in [6.45, 7) is 0. The lowest BCUT2D eigenvalue weighted by molar-refractivity contribution is -0.384. The first-order valence-electron chi connectivity index (χ1n) is 8.04. The van der Waals surface area contributed by atoms with E-state index < -0.39 is 4.92 Å². The van der Waals surface area contributed by atoms with E-state index in [1.807, 2.05) is 0 Å². The summed E-state index contributed by atoms with van der Waals surface area (Å²) in [6.07, 6.45) is 1.88. The van der Waals surface area contributed by atoms with Gasteiger partial charge in [-0.1, -0.05) is 0 Å². The van der Waals surface area contributed by atoms with Crippen molar-refractivity contribution < 1.29 is 19.2 Å². The fourth-order valence-electron chi connectivity index (χ4n) is 2.81. The summed E-state index contributed by atoms with van der Waals surface area (Å²) in [6, 6.07) is 9.05. The molecule has 0 saturated carbocycles. The van der Waals surface area contributed by atoms with Gasteiger partial charge in [0.15, 0.2) is 0 Å². The van der Waals surface area contributed by atoms with Crippen LogP contribution >= 0.6 is 0 Å². The molecule has 1 aliphatic rings. The van der Waals surface area contributed by atoms with Crippen molar-refractivity contribution in [2.24, 2.45) is 0 Å². The normalized spacial score (nSPS) is 13.2. The molecule has 0 saturated heterocycles. The number of hydrogen-bond donors (Lipinski definition) is 2. The molecular weight excluding hydrogens is 338 g/mol. The van der Waals surface area contributed by atoms with Crippen molar-refractivity contribution in [2.75, 3.05) is 17.7 Å². The van der Waals surface area contributed by atoms with Crippen LogP contribution in [0, 0.1) is 10.1 Å². The van der Waals surface area contributed by atoms with Gasteiger partial charge in [0.1, 0.15) is 5.75 Å². The average molecular weight is 355 g/mol. The third-order valence-corrected chi connectivity index (χ3v) is 4.14. The molecule has 2 aromatic carbocycles. The van der Waals surface area contributed by atoms with Crippen LogP contribution in [-0.4, -0.2) is 23.8 Å². The number of carbonyl (C=O) groups is 2. The predicted molar refractivity (Wildman–Crippen MR) is 95.6 cm³/mol. The fourth-order valence-corrected chi connectivity index (χ4v) is 2.81. The first-order chi connectivity index (χ1) is 12.5. The van der Waals surface area contributed by atoms with Gasteiger partial charge in [-0.3, -0.25) is 19.7 Å². The number of nitro benzene ring substituents is 1. The largest absolute Gasteiger partial charge is 0.494 e. The van der Waals surface area contributed by atoms with Gasteiger partial charge in [-0.05, 0) is 42.7 Å². The highest BCUT2D eigenvalue weighted by Gasteiger charge is 2.17. The highest BCUT2D eigenvalue weighted by molar-refractivity contribution is 6.06. The average Bonchev–Trinajstić information content (AvgIpc) is 2.81. The molecule has 26 heavy (non-hydrogen) atoms. The minimum absolute atomic E-state index is 0.0310. The second kappa shape index (κ2) is 7.22. The van der Waals surface area contributed by atoms with E-state index in [1.165, 1.54) is 25.3 Å². The van der Waals surface area contributed by atoms with Crippen LogP contribution in [0.3, 0.4) is 0 Å². The molecule has 1 heterocycles. The third-order valence-electron chi connectivity index (χ3n) is 4.14. The SMILES string of the molecule is COc1cc([N+](=O)[O-])ccc1NC(=O)c1ccc2c(c1)CCCC(=O)N2. The lowest BCUT2D eigenvalue weighted by atomic mass is 10.0. The van der Waals surface area contributed by atoms with Crippen molar-refractivity contribution in [2.45, 2.75) is 19.3 Å². The number of nitrogens with zero attached hydrogens (tertiary/aromatic N) is 1. The van der Waals surface area contributed by atoms with Gasteiger partial charge >= 0.3 is 0 Å². The number of methoxy groups -OCH3 is 1. The number of amides is 2. The molecule has 134 valence electrons. The number of ether oxygens (including phenoxy) is 1. The van der Waals surface area contributed by atoms with Gasteiger partial charge in [-0.2, -0.15) is 0 Å². The Hall–Kier alpha value is -3.42. The maximum absolute atomic E-state index is 12.5. The number of anilines is 2. The summed E-state index contributed by atoms with van der Waals surface area (Å²) in [7, 11) is 1.37. The molecular formula is C18H17N3O5. The fraction of sp³-hybridized carbons (Fsp3) is 0.222. The maximum Gasteiger partial charge on any atom is 0.273 e. The van der Waals surface area contributed by atoms with Crippen LogP contribution < -0.4 is 15.4 Å². The number of benzene rings is 2. The van der Waals surface area contributed by atoms with Gasteiger partial charge in [0.25, 0.3) is 11.6 Å². The van der Waals surface area contributed by atoms with Gasteiger partial charge < -0.3 is 15.4 Å². The van der Waals surface area contributed by atoms with Crippen molar-refractivity contribution in [1.29, 1.82) is 0 Å². The third kappa shape index (κ3) is 3.64. The highest BCUT2D eigenvalue weighted by atomic mass is 16.6. The molecule has 8 heteroatoms. The summed E-state index contributed by atoms with van der Waals surface area (Å²) in [5.41, 5.74) is 2.27. The quantitative estimate of drug-likeness (QED) is 0.646. The second-order valence-electron chi connectivity index (χ2n) is 5.87. The molecule has 3 rings (SSSR count). The van der Waals surface area contributed by atoms with Gasteiger partial charge in [-0.15, -0.1) is 0 Å². The molecule has 0 bridgehead atoms. The molecule has 0 atom stereocenters. The molecule has 0 aromatic heterocycles. The van der Waals surface area contributed by atoms with E-state index in [9.17, 15) is 19.7 Å². The van der Waals surface area contributed by atoms with Crippen molar-refractivity contribution in [3.05, 3.63) is 57.6 Å². The first-order valence-corrected chi connectivity index (χ1v) is 8.04. The minimum atomic E-state index is -0.533. The zero-order valence-corrected chi connectivity index (χ0v) is 14.1. The molecule has 0 aliphatic carbocycles. The molecule has 1 aliphatic heterocycles. The van der Waals surface area contributed by atoms with Crippen molar-refractivity contribution in [3.8, 4) is 5.75 Å². The summed E-state index contributed by atoms with van der Waals surface area (Å²) < 4.78 is 5.13. The van der Waals surface area contributed by atoms with Crippen LogP contribution in [0.2, 0.25) is 0 Å². The van der Waals surface area contributed by atoms with Crippen LogP contribution in [0.1, 0.15) is 28.8 Å². The number of carbonyl (C=O) groups excluding carboxylic acids is 2. The lowest BCUT2D eigenvalue weighted by Gasteiger charge is -2.12. The molecule has 0 spiro atoms. The predicted octanol–water partition coefficient (Wildman–Crippen LogP) is 3.13. The number of rotatable bonds is 4. The van der Waals surface area contributed by atoms with E-state index in [0.29, 0.717) is 24.1 Å². The molecule has 2 aromatic rings. The maximum atomic E-state index is 12.5. The van der Waals surface area contributed by atoms with Gasteiger partial charge in [0.05, 0.1) is 23.8 Å². The molecule has 2 amide bonds. The highest BCUT2D eigenvalue weighted by Crippen LogP contribution is 2.30. The van der Waals surface area contributed by atoms with Crippen LogP contribution in [0.25, 0.3) is 0 Å². The standard InChI is InChI=1S/C18H17N3O5/c1-26-16-10-13(21(24)25)6-8-15(16)20-18(23)12-5-7-14-11(9-12)3-2-4-17(22)19-14/h5-10H,2-4H2,1H3,(H,19,22)(H,20,23). The Morgan fingerprint density at radius 3 is 2.77 bits per heavy atom.